The Labute approximate surface area is 208 Å². The molecule has 3 aliphatic carbocycles. The number of β-amino-alcohol motifs (C(OH)–C–C–N with tert-alkyl or cyclic N) is 1. The van der Waals surface area contributed by atoms with Crippen LogP contribution in [0.25, 0.3) is 10.8 Å². The Morgan fingerprint density at radius 1 is 1.09 bits per heavy atom. The molecule has 1 N–H and O–H groups in total. The van der Waals surface area contributed by atoms with Gasteiger partial charge in [-0.1, -0.05) is 31.2 Å². The summed E-state index contributed by atoms with van der Waals surface area (Å²) in [6.07, 6.45) is 18.4. The van der Waals surface area contributed by atoms with Gasteiger partial charge in [-0.15, -0.1) is 0 Å². The van der Waals surface area contributed by atoms with Crippen molar-refractivity contribution in [1.29, 1.82) is 0 Å². The summed E-state index contributed by atoms with van der Waals surface area (Å²) in [5.74, 6) is 1.14. The molecule has 6 aliphatic rings. The van der Waals surface area contributed by atoms with Gasteiger partial charge in [0, 0.05) is 36.9 Å². The predicted octanol–water partition coefficient (Wildman–Crippen LogP) is 5.52. The first-order valence-electron chi connectivity index (χ1n) is 13.9. The molecule has 6 atom stereocenters. The lowest BCUT2D eigenvalue weighted by Gasteiger charge is -2.55. The second kappa shape index (κ2) is 7.06. The van der Waals surface area contributed by atoms with Crippen molar-refractivity contribution < 1.29 is 9.84 Å². The lowest BCUT2D eigenvalue weighted by atomic mass is 9.58. The number of nitrogens with zero attached hydrogens (tertiary/aromatic N) is 2. The molecule has 2 saturated carbocycles. The van der Waals surface area contributed by atoms with E-state index in [1.807, 2.05) is 12.4 Å². The van der Waals surface area contributed by atoms with Gasteiger partial charge in [0.15, 0.2) is 0 Å². The Hall–Kier alpha value is -2.01. The molecule has 4 heterocycles. The van der Waals surface area contributed by atoms with E-state index in [-0.39, 0.29) is 22.7 Å². The van der Waals surface area contributed by atoms with E-state index in [1.54, 1.807) is 5.57 Å². The fourth-order valence-corrected chi connectivity index (χ4v) is 9.35. The van der Waals surface area contributed by atoms with E-state index in [0.717, 1.165) is 32.4 Å². The van der Waals surface area contributed by atoms with Crippen LogP contribution in [0.15, 0.2) is 60.0 Å². The van der Waals surface area contributed by atoms with Crippen LogP contribution in [0.3, 0.4) is 0 Å². The van der Waals surface area contributed by atoms with Gasteiger partial charge < -0.3 is 9.84 Å². The summed E-state index contributed by atoms with van der Waals surface area (Å²) in [5, 5.41) is 12.4. The Balaban J connectivity index is 1.14. The standard InChI is InChI=1S/C31H36N2O2/c1-29-10-8-24-15-23-4-5-25(33-18-26(34)19-33)16-30(23)11-12-31(24,35-30)28(29)7-6-27(29)21-3-2-20-9-13-32-17-22(20)14-21/h2-3,8-9,13-15,17,25-28,34H,4-7,10-12,16,18-19H2,1H3/t25-,27?,28+,29+,30+,31+/m0/s1. The molecule has 0 radical (unpaired) electrons. The summed E-state index contributed by atoms with van der Waals surface area (Å²) in [6, 6.07) is 9.75. The molecule has 2 saturated heterocycles. The molecule has 4 heteroatoms. The first-order valence-corrected chi connectivity index (χ1v) is 13.9. The van der Waals surface area contributed by atoms with E-state index in [1.165, 1.54) is 54.0 Å². The molecule has 2 bridgehead atoms. The van der Waals surface area contributed by atoms with Gasteiger partial charge in [-0.25, -0.2) is 0 Å². The Morgan fingerprint density at radius 3 is 2.89 bits per heavy atom. The van der Waals surface area contributed by atoms with Gasteiger partial charge >= 0.3 is 0 Å². The van der Waals surface area contributed by atoms with Gasteiger partial charge in [-0.05, 0) is 103 Å². The van der Waals surface area contributed by atoms with Crippen molar-refractivity contribution in [3.05, 3.63) is 65.5 Å². The van der Waals surface area contributed by atoms with Gasteiger partial charge in [0.2, 0.25) is 0 Å². The number of likely N-dealkylation sites (tertiary alicyclic amines) is 1. The zero-order valence-corrected chi connectivity index (χ0v) is 20.7. The van der Waals surface area contributed by atoms with Crippen molar-refractivity contribution in [1.82, 2.24) is 9.88 Å². The molecule has 182 valence electrons. The van der Waals surface area contributed by atoms with Gasteiger partial charge in [0.1, 0.15) is 0 Å². The molecule has 8 rings (SSSR count). The molecule has 0 amide bonds. The minimum absolute atomic E-state index is 0.0637. The summed E-state index contributed by atoms with van der Waals surface area (Å²) < 4.78 is 7.45. The summed E-state index contributed by atoms with van der Waals surface area (Å²) in [7, 11) is 0. The number of ether oxygens (including phenoxy) is 1. The van der Waals surface area contributed by atoms with Gasteiger partial charge in [-0.2, -0.15) is 0 Å². The normalized spacial score (nSPS) is 42.6. The first-order chi connectivity index (χ1) is 17.0. The average Bonchev–Trinajstić information content (AvgIpc) is 3.36. The highest BCUT2D eigenvalue weighted by Gasteiger charge is 2.66. The number of aromatic nitrogens is 1. The minimum Gasteiger partial charge on any atom is -0.390 e. The minimum atomic E-state index is -0.124. The van der Waals surface area contributed by atoms with Crippen LogP contribution in [0, 0.1) is 11.3 Å². The van der Waals surface area contributed by atoms with E-state index >= 15 is 0 Å². The highest BCUT2D eigenvalue weighted by Crippen LogP contribution is 2.69. The summed E-state index contributed by atoms with van der Waals surface area (Å²) in [5.41, 5.74) is 4.62. The Morgan fingerprint density at radius 2 is 2.00 bits per heavy atom. The lowest BCUT2D eigenvalue weighted by molar-refractivity contribution is -0.147. The molecule has 4 fully saturated rings. The Kier molecular flexibility index (Phi) is 4.26. The lowest BCUT2D eigenvalue weighted by Crippen LogP contribution is -2.60. The van der Waals surface area contributed by atoms with Crippen LogP contribution in [-0.4, -0.2) is 51.4 Å². The number of hydrogen-bond acceptors (Lipinski definition) is 4. The maximum Gasteiger partial charge on any atom is 0.0974 e. The van der Waals surface area contributed by atoms with Crippen molar-refractivity contribution in [2.24, 2.45) is 11.3 Å². The molecule has 4 nitrogen and oxygen atoms in total. The van der Waals surface area contributed by atoms with Crippen LogP contribution < -0.4 is 0 Å². The number of hydrogen-bond donors (Lipinski definition) is 1. The van der Waals surface area contributed by atoms with Gasteiger partial charge in [0.25, 0.3) is 0 Å². The molecule has 1 aromatic heterocycles. The van der Waals surface area contributed by atoms with Crippen LogP contribution in [0.1, 0.15) is 69.8 Å². The maximum atomic E-state index is 9.88. The topological polar surface area (TPSA) is 45.6 Å². The van der Waals surface area contributed by atoms with Crippen LogP contribution in [0.2, 0.25) is 0 Å². The number of aliphatic hydroxyl groups is 1. The van der Waals surface area contributed by atoms with Crippen LogP contribution in [-0.2, 0) is 4.74 Å². The highest BCUT2D eigenvalue weighted by atomic mass is 16.5. The van der Waals surface area contributed by atoms with E-state index in [9.17, 15) is 5.11 Å². The SMILES string of the molecule is C[C@]12CC=C3C=C4CC[C@H](N5CC(O)C5)C[C@]45CC[C@]3(O5)[C@@H]1CCC2c1ccc2ccncc2c1. The van der Waals surface area contributed by atoms with E-state index < -0.39 is 0 Å². The smallest absolute Gasteiger partial charge is 0.0974 e. The highest BCUT2D eigenvalue weighted by molar-refractivity contribution is 5.82. The van der Waals surface area contributed by atoms with Crippen LogP contribution in [0.4, 0.5) is 0 Å². The summed E-state index contributed by atoms with van der Waals surface area (Å²) in [4.78, 5) is 6.88. The third kappa shape index (κ3) is 2.77. The van der Waals surface area contributed by atoms with E-state index in [4.69, 9.17) is 4.74 Å². The second-order valence-electron chi connectivity index (χ2n) is 12.7. The van der Waals surface area contributed by atoms with E-state index in [2.05, 4.69) is 53.2 Å². The van der Waals surface area contributed by atoms with E-state index in [0.29, 0.717) is 17.9 Å². The quantitative estimate of drug-likeness (QED) is 0.630. The molecule has 3 aliphatic heterocycles. The second-order valence-corrected chi connectivity index (χ2v) is 12.7. The fraction of sp³-hybridized carbons (Fsp3) is 0.581. The number of aliphatic hydroxyl groups excluding tert-OH is 1. The first kappa shape index (κ1) is 21.1. The Bertz CT molecular complexity index is 1280. The van der Waals surface area contributed by atoms with Gasteiger partial charge in [0.05, 0.1) is 17.3 Å². The molecule has 1 aromatic carbocycles. The molecule has 2 aromatic rings. The van der Waals surface area contributed by atoms with Crippen LogP contribution in [0.5, 0.6) is 0 Å². The number of fused-ring (bicyclic) bond motifs is 2. The molecule has 1 unspecified atom stereocenters. The van der Waals surface area contributed by atoms with Crippen molar-refractivity contribution in [3.8, 4) is 0 Å². The monoisotopic (exact) mass is 468 g/mol. The molecular weight excluding hydrogens is 432 g/mol. The molecule has 35 heavy (non-hydrogen) atoms. The van der Waals surface area contributed by atoms with Crippen molar-refractivity contribution in [2.75, 3.05) is 13.1 Å². The fourth-order valence-electron chi connectivity index (χ4n) is 9.35. The average molecular weight is 469 g/mol. The molecule has 2 spiro atoms. The summed E-state index contributed by atoms with van der Waals surface area (Å²) >= 11 is 0. The number of pyridine rings is 1. The largest absolute Gasteiger partial charge is 0.390 e. The third-order valence-electron chi connectivity index (χ3n) is 11.1. The predicted molar refractivity (Wildman–Crippen MR) is 137 cm³/mol. The van der Waals surface area contributed by atoms with Crippen molar-refractivity contribution >= 4 is 10.8 Å². The third-order valence-corrected chi connectivity index (χ3v) is 11.1. The summed E-state index contributed by atoms with van der Waals surface area (Å²) in [6.45, 7) is 4.25. The number of benzene rings is 1. The van der Waals surface area contributed by atoms with Crippen molar-refractivity contribution in [2.45, 2.75) is 87.6 Å². The van der Waals surface area contributed by atoms with Crippen molar-refractivity contribution in [3.63, 3.8) is 0 Å². The number of allylic oxidation sites excluding steroid dienone is 1. The van der Waals surface area contributed by atoms with Gasteiger partial charge in [-0.3, -0.25) is 9.88 Å². The maximum absolute atomic E-state index is 9.88. The zero-order valence-electron chi connectivity index (χ0n) is 20.7. The number of rotatable bonds is 2. The van der Waals surface area contributed by atoms with Crippen LogP contribution >= 0.6 is 0 Å². The molecular formula is C31H36N2O2. The zero-order chi connectivity index (χ0) is 23.4.